The van der Waals surface area contributed by atoms with Crippen LogP contribution in [-0.2, 0) is 16.1 Å². The lowest BCUT2D eigenvalue weighted by molar-refractivity contribution is -0.144. The summed E-state index contributed by atoms with van der Waals surface area (Å²) in [5.41, 5.74) is 7.83. The van der Waals surface area contributed by atoms with Crippen molar-refractivity contribution < 1.29 is 14.3 Å². The molecule has 1 aliphatic heterocycles. The van der Waals surface area contributed by atoms with Gasteiger partial charge in [-0.1, -0.05) is 0 Å². The molecule has 2 amide bonds. The molecule has 1 saturated heterocycles. The molecule has 1 fully saturated rings. The number of hydrogen-bond acceptors (Lipinski definition) is 5. The second-order valence-corrected chi connectivity index (χ2v) is 4.68. The van der Waals surface area contributed by atoms with Crippen LogP contribution in [0.5, 0.6) is 0 Å². The Bertz CT molecular complexity index is 525. The number of anilines is 1. The molecule has 0 radical (unpaired) electrons. The lowest BCUT2D eigenvalue weighted by atomic mass is 10.3. The zero-order valence-electron chi connectivity index (χ0n) is 11.7. The molecule has 2 rings (SSSR count). The van der Waals surface area contributed by atoms with Crippen molar-refractivity contribution in [3.8, 4) is 0 Å². The summed E-state index contributed by atoms with van der Waals surface area (Å²) in [4.78, 5) is 24.6. The van der Waals surface area contributed by atoms with Crippen LogP contribution in [0.2, 0.25) is 0 Å². The number of nitrogen functional groups attached to an aromatic ring is 1. The van der Waals surface area contributed by atoms with Crippen LogP contribution in [0.15, 0.2) is 0 Å². The first-order chi connectivity index (χ1) is 9.49. The summed E-state index contributed by atoms with van der Waals surface area (Å²) in [6.45, 7) is 5.48. The van der Waals surface area contributed by atoms with E-state index in [1.165, 1.54) is 4.68 Å². The summed E-state index contributed by atoms with van der Waals surface area (Å²) in [5.74, 6) is -0.393. The Kier molecular flexibility index (Phi) is 4.11. The predicted octanol–water partition coefficient (Wildman–Crippen LogP) is -0.349. The molecule has 8 heteroatoms. The molecule has 0 atom stereocenters. The molecule has 0 bridgehead atoms. The monoisotopic (exact) mass is 281 g/mol. The molecule has 0 aromatic carbocycles. The number of hydrogen-bond donors (Lipinski definition) is 2. The third-order valence-electron chi connectivity index (χ3n) is 3.29. The maximum absolute atomic E-state index is 11.7. The van der Waals surface area contributed by atoms with Gasteiger partial charge in [0.25, 0.3) is 0 Å². The minimum Gasteiger partial charge on any atom is -0.462 e. The van der Waals surface area contributed by atoms with Gasteiger partial charge in [-0.2, -0.15) is 5.10 Å². The molecular weight excluding hydrogens is 262 g/mol. The van der Waals surface area contributed by atoms with Crippen molar-refractivity contribution in [1.29, 1.82) is 0 Å². The largest absolute Gasteiger partial charge is 0.462 e. The zero-order chi connectivity index (χ0) is 14.7. The van der Waals surface area contributed by atoms with E-state index >= 15 is 0 Å². The summed E-state index contributed by atoms with van der Waals surface area (Å²) in [5, 5.41) is 6.85. The molecule has 0 spiro atoms. The molecule has 8 nitrogen and oxygen atoms in total. The highest BCUT2D eigenvalue weighted by Gasteiger charge is 2.19. The first kappa shape index (κ1) is 14.2. The molecule has 0 unspecified atom stereocenters. The Morgan fingerprint density at radius 2 is 2.25 bits per heavy atom. The van der Waals surface area contributed by atoms with Crippen LogP contribution in [0.25, 0.3) is 0 Å². The van der Waals surface area contributed by atoms with E-state index in [2.05, 4.69) is 10.4 Å². The smallest absolute Gasteiger partial charge is 0.327 e. The van der Waals surface area contributed by atoms with Gasteiger partial charge >= 0.3 is 12.0 Å². The van der Waals surface area contributed by atoms with Crippen LogP contribution in [0.3, 0.4) is 0 Å². The number of nitrogens with one attached hydrogen (secondary N) is 1. The van der Waals surface area contributed by atoms with E-state index in [0.717, 1.165) is 5.69 Å². The number of aryl methyl sites for hydroxylation is 1. The Morgan fingerprint density at radius 3 is 2.80 bits per heavy atom. The molecular formula is C12H19N5O3. The summed E-state index contributed by atoms with van der Waals surface area (Å²) in [7, 11) is 0. The van der Waals surface area contributed by atoms with E-state index in [1.54, 1.807) is 18.7 Å². The maximum Gasteiger partial charge on any atom is 0.327 e. The number of nitrogens with zero attached hydrogens (tertiary/aromatic N) is 3. The number of urea groups is 1. The van der Waals surface area contributed by atoms with Crippen LogP contribution in [0.1, 0.15) is 11.4 Å². The number of amides is 2. The van der Waals surface area contributed by atoms with Crippen LogP contribution >= 0.6 is 0 Å². The maximum atomic E-state index is 11.7. The molecule has 3 N–H and O–H groups in total. The normalized spacial score (nSPS) is 14.5. The van der Waals surface area contributed by atoms with Gasteiger partial charge in [-0.15, -0.1) is 0 Å². The van der Waals surface area contributed by atoms with E-state index in [9.17, 15) is 9.59 Å². The van der Waals surface area contributed by atoms with Gasteiger partial charge in [-0.3, -0.25) is 9.48 Å². The second kappa shape index (κ2) is 5.81. The second-order valence-electron chi connectivity index (χ2n) is 4.68. The van der Waals surface area contributed by atoms with Crippen molar-refractivity contribution >= 4 is 17.7 Å². The van der Waals surface area contributed by atoms with E-state index in [1.807, 2.05) is 0 Å². The number of nitrogens with two attached hydrogens (primary N) is 1. The third-order valence-corrected chi connectivity index (χ3v) is 3.29. The minimum absolute atomic E-state index is 0.0239. The van der Waals surface area contributed by atoms with Gasteiger partial charge in [0.15, 0.2) is 0 Å². The number of ether oxygens (including phenoxy) is 1. The van der Waals surface area contributed by atoms with Gasteiger partial charge in [0, 0.05) is 13.1 Å². The lowest BCUT2D eigenvalue weighted by Gasteiger charge is -2.13. The Morgan fingerprint density at radius 1 is 1.50 bits per heavy atom. The van der Waals surface area contributed by atoms with Gasteiger partial charge in [0.1, 0.15) is 13.2 Å². The molecule has 0 saturated carbocycles. The van der Waals surface area contributed by atoms with E-state index in [0.29, 0.717) is 31.0 Å². The number of aromatic nitrogens is 2. The SMILES string of the molecule is Cc1nn(CC(=O)OCCN2CCNC2=O)c(C)c1N. The number of carbonyl (C=O) groups is 2. The Labute approximate surface area is 116 Å². The standard InChI is InChI=1S/C12H19N5O3/c1-8-11(13)9(2)17(15-8)7-10(18)20-6-5-16-4-3-14-12(16)19/h3-7,13H2,1-2H3,(H,14,19). The third kappa shape index (κ3) is 3.01. The van der Waals surface area contributed by atoms with Gasteiger partial charge in [-0.05, 0) is 13.8 Å². The topological polar surface area (TPSA) is 102 Å². The van der Waals surface area contributed by atoms with Crippen LogP contribution in [0, 0.1) is 13.8 Å². The quantitative estimate of drug-likeness (QED) is 0.718. The van der Waals surface area contributed by atoms with Gasteiger partial charge in [-0.25, -0.2) is 4.79 Å². The van der Waals surface area contributed by atoms with Crippen LogP contribution < -0.4 is 11.1 Å². The van der Waals surface area contributed by atoms with Gasteiger partial charge < -0.3 is 20.7 Å². The first-order valence-electron chi connectivity index (χ1n) is 6.47. The fourth-order valence-corrected chi connectivity index (χ4v) is 2.03. The molecule has 20 heavy (non-hydrogen) atoms. The lowest BCUT2D eigenvalue weighted by Crippen LogP contribution is -2.32. The van der Waals surface area contributed by atoms with Crippen molar-refractivity contribution in [2.24, 2.45) is 0 Å². The number of rotatable bonds is 5. The molecule has 0 aliphatic carbocycles. The highest BCUT2D eigenvalue weighted by Crippen LogP contribution is 2.14. The summed E-state index contributed by atoms with van der Waals surface area (Å²) < 4.78 is 6.62. The van der Waals surface area contributed by atoms with Crippen molar-refractivity contribution in [2.75, 3.05) is 32.0 Å². The summed E-state index contributed by atoms with van der Waals surface area (Å²) in [6, 6.07) is -0.118. The first-order valence-corrected chi connectivity index (χ1v) is 6.47. The number of esters is 1. The molecule has 1 aromatic rings. The molecule has 1 aliphatic rings. The summed E-state index contributed by atoms with van der Waals surface area (Å²) in [6.07, 6.45) is 0. The zero-order valence-corrected chi connectivity index (χ0v) is 11.7. The fourth-order valence-electron chi connectivity index (χ4n) is 2.03. The molecule has 2 heterocycles. The predicted molar refractivity (Wildman–Crippen MR) is 72.0 cm³/mol. The van der Waals surface area contributed by atoms with Crippen molar-refractivity contribution in [2.45, 2.75) is 20.4 Å². The van der Waals surface area contributed by atoms with Gasteiger partial charge in [0.2, 0.25) is 0 Å². The van der Waals surface area contributed by atoms with Crippen molar-refractivity contribution in [3.05, 3.63) is 11.4 Å². The fraction of sp³-hybridized carbons (Fsp3) is 0.583. The van der Waals surface area contributed by atoms with Crippen LogP contribution in [0.4, 0.5) is 10.5 Å². The minimum atomic E-state index is -0.393. The molecule has 110 valence electrons. The van der Waals surface area contributed by atoms with E-state index in [4.69, 9.17) is 10.5 Å². The van der Waals surface area contributed by atoms with E-state index < -0.39 is 5.97 Å². The van der Waals surface area contributed by atoms with Crippen molar-refractivity contribution in [3.63, 3.8) is 0 Å². The molecule has 1 aromatic heterocycles. The van der Waals surface area contributed by atoms with E-state index in [-0.39, 0.29) is 19.2 Å². The number of carbonyl (C=O) groups excluding carboxylic acids is 2. The van der Waals surface area contributed by atoms with Crippen molar-refractivity contribution in [1.82, 2.24) is 20.0 Å². The summed E-state index contributed by atoms with van der Waals surface area (Å²) >= 11 is 0. The highest BCUT2D eigenvalue weighted by atomic mass is 16.5. The van der Waals surface area contributed by atoms with Gasteiger partial charge in [0.05, 0.1) is 23.6 Å². The average Bonchev–Trinajstić information content (AvgIpc) is 2.90. The Hall–Kier alpha value is -2.25. The average molecular weight is 281 g/mol. The Balaban J connectivity index is 1.78. The highest BCUT2D eigenvalue weighted by molar-refractivity contribution is 5.76. The van der Waals surface area contributed by atoms with Crippen LogP contribution in [-0.4, -0.2) is 52.9 Å².